The summed E-state index contributed by atoms with van der Waals surface area (Å²) < 4.78 is 8.56. The van der Waals surface area contributed by atoms with Crippen molar-refractivity contribution in [3.63, 3.8) is 0 Å². The van der Waals surface area contributed by atoms with Crippen LogP contribution in [0.15, 0.2) is 0 Å². The van der Waals surface area contributed by atoms with E-state index in [9.17, 15) is 0 Å². The fourth-order valence-electron chi connectivity index (χ4n) is 3.22. The van der Waals surface area contributed by atoms with Crippen molar-refractivity contribution in [3.8, 4) is 0 Å². The van der Waals surface area contributed by atoms with Gasteiger partial charge in [0, 0.05) is 0 Å². The first-order valence-electron chi connectivity index (χ1n) is 7.95. The van der Waals surface area contributed by atoms with Crippen LogP contribution >= 0.6 is 0 Å². The van der Waals surface area contributed by atoms with Gasteiger partial charge in [0.05, 0.1) is 0 Å². The fourth-order valence-corrected chi connectivity index (χ4v) is 13.3. The molecule has 1 atom stereocenters. The third-order valence-corrected chi connectivity index (χ3v) is 14.7. The third kappa shape index (κ3) is 3.86. The molecule has 113 valence electrons. The van der Waals surface area contributed by atoms with Crippen molar-refractivity contribution in [2.75, 3.05) is 13.1 Å². The molecule has 0 bridgehead atoms. The van der Waals surface area contributed by atoms with E-state index < -0.39 is 20.6 Å². The van der Waals surface area contributed by atoms with E-state index in [-0.39, 0.29) is 0 Å². The molecule has 0 saturated carbocycles. The van der Waals surface area contributed by atoms with Crippen molar-refractivity contribution < 1.29 is 0 Å². The average Bonchev–Trinajstić information content (AvgIpc) is 2.22. The summed E-state index contributed by atoms with van der Waals surface area (Å²) in [6.45, 7) is 21.5. The van der Waals surface area contributed by atoms with Gasteiger partial charge in [0.25, 0.3) is 0 Å². The molecular formula is C15H34N3Sn. The molecule has 0 N–H and O–H groups in total. The van der Waals surface area contributed by atoms with E-state index in [1.165, 1.54) is 25.9 Å². The second-order valence-corrected chi connectivity index (χ2v) is 13.3. The Morgan fingerprint density at radius 1 is 1.11 bits per heavy atom. The molecular weight excluding hydrogens is 341 g/mol. The van der Waals surface area contributed by atoms with E-state index in [4.69, 9.17) is 0 Å². The van der Waals surface area contributed by atoms with Gasteiger partial charge in [-0.2, -0.15) is 0 Å². The summed E-state index contributed by atoms with van der Waals surface area (Å²) in [6, 6.07) is 0.694. The molecule has 1 saturated heterocycles. The number of hydrogen-bond acceptors (Lipinski definition) is 3. The summed E-state index contributed by atoms with van der Waals surface area (Å²) in [4.78, 5) is 0. The first kappa shape index (κ1) is 17.7. The molecule has 19 heavy (non-hydrogen) atoms. The summed E-state index contributed by atoms with van der Waals surface area (Å²) in [5.41, 5.74) is 0.319. The first-order chi connectivity index (χ1) is 8.75. The van der Waals surface area contributed by atoms with Gasteiger partial charge in [0.1, 0.15) is 0 Å². The first-order valence-corrected chi connectivity index (χ1v) is 11.8. The number of nitrogens with zero attached hydrogens (tertiary/aromatic N) is 3. The van der Waals surface area contributed by atoms with Crippen molar-refractivity contribution >= 4 is 20.6 Å². The van der Waals surface area contributed by atoms with Gasteiger partial charge in [-0.25, -0.2) is 0 Å². The second-order valence-electron chi connectivity index (χ2n) is 6.96. The van der Waals surface area contributed by atoms with Crippen LogP contribution < -0.4 is 0 Å². The molecule has 1 unspecified atom stereocenters. The molecule has 1 aliphatic rings. The van der Waals surface area contributed by atoms with E-state index in [0.717, 1.165) is 0 Å². The van der Waals surface area contributed by atoms with Gasteiger partial charge < -0.3 is 0 Å². The molecule has 1 rings (SSSR count). The zero-order chi connectivity index (χ0) is 14.8. The Labute approximate surface area is 129 Å². The van der Waals surface area contributed by atoms with E-state index in [1.807, 2.05) is 0 Å². The summed E-state index contributed by atoms with van der Waals surface area (Å²) in [5, 5.41) is 0. The zero-order valence-corrected chi connectivity index (χ0v) is 17.2. The van der Waals surface area contributed by atoms with E-state index >= 15 is 0 Å². The van der Waals surface area contributed by atoms with Crippen molar-refractivity contribution in [2.24, 2.45) is 0 Å². The quantitative estimate of drug-likeness (QED) is 0.660. The van der Waals surface area contributed by atoms with Crippen LogP contribution in [0.3, 0.4) is 0 Å². The Morgan fingerprint density at radius 3 is 1.89 bits per heavy atom. The van der Waals surface area contributed by atoms with E-state index in [0.29, 0.717) is 17.7 Å². The Balaban J connectivity index is 2.93. The van der Waals surface area contributed by atoms with Crippen molar-refractivity contribution in [2.45, 2.75) is 86.0 Å². The SMILES string of the molecule is CCC[N](CCC)[Sn]1[N](C(C)C)C(C)[N]1C(C)(C)C. The normalized spacial score (nSPS) is 23.4. The van der Waals surface area contributed by atoms with Crippen molar-refractivity contribution in [1.29, 1.82) is 0 Å². The van der Waals surface area contributed by atoms with Gasteiger partial charge in [-0.05, 0) is 0 Å². The molecule has 0 amide bonds. The molecule has 4 heteroatoms. The summed E-state index contributed by atoms with van der Waals surface area (Å²) in [7, 11) is 0. The number of rotatable bonds is 6. The summed E-state index contributed by atoms with van der Waals surface area (Å²) in [5.74, 6) is 0. The van der Waals surface area contributed by atoms with Crippen LogP contribution in [0.25, 0.3) is 0 Å². The molecule has 1 fully saturated rings. The molecule has 1 aliphatic heterocycles. The molecule has 0 spiro atoms. The zero-order valence-electron chi connectivity index (χ0n) is 14.3. The maximum atomic E-state index is 2.86. The van der Waals surface area contributed by atoms with Crippen LogP contribution in [-0.4, -0.2) is 60.8 Å². The Bertz CT molecular complexity index is 269. The van der Waals surface area contributed by atoms with Gasteiger partial charge in [0.2, 0.25) is 0 Å². The van der Waals surface area contributed by atoms with Crippen LogP contribution in [0.2, 0.25) is 0 Å². The van der Waals surface area contributed by atoms with E-state index in [1.54, 1.807) is 0 Å². The average molecular weight is 375 g/mol. The molecule has 0 aromatic heterocycles. The topological polar surface area (TPSA) is 9.72 Å². The molecule has 3 nitrogen and oxygen atoms in total. The van der Waals surface area contributed by atoms with Crippen LogP contribution in [0.4, 0.5) is 0 Å². The summed E-state index contributed by atoms with van der Waals surface area (Å²) in [6.07, 6.45) is 3.19. The molecule has 1 radical (unpaired) electrons. The van der Waals surface area contributed by atoms with Gasteiger partial charge in [-0.3, -0.25) is 0 Å². The van der Waals surface area contributed by atoms with Crippen molar-refractivity contribution in [3.05, 3.63) is 0 Å². The molecule has 0 aliphatic carbocycles. The maximum absolute atomic E-state index is 2.86. The predicted octanol–water partition coefficient (Wildman–Crippen LogP) is 3.26. The van der Waals surface area contributed by atoms with Crippen LogP contribution in [0.1, 0.15) is 68.2 Å². The Morgan fingerprint density at radius 2 is 1.58 bits per heavy atom. The monoisotopic (exact) mass is 376 g/mol. The standard InChI is InChI=1S/C9H20N2.C6H14N.Sn/c1-7(2)10-8(3)11-9(4,5)6;1-3-5-7-6-4-2;/h7-8H,1-6H3;3-6H2,1-2H3;/q-2;-1;+3. The van der Waals surface area contributed by atoms with Gasteiger partial charge >= 0.3 is 129 Å². The van der Waals surface area contributed by atoms with Crippen LogP contribution in [0.5, 0.6) is 0 Å². The van der Waals surface area contributed by atoms with Crippen molar-refractivity contribution in [1.82, 2.24) is 9.36 Å². The Hall–Kier alpha value is 0.679. The Kier molecular flexibility index (Phi) is 6.62. The van der Waals surface area contributed by atoms with Gasteiger partial charge in [-0.15, -0.1) is 0 Å². The summed E-state index contributed by atoms with van der Waals surface area (Å²) >= 11 is -1.79. The van der Waals surface area contributed by atoms with Gasteiger partial charge in [-0.1, -0.05) is 0 Å². The number of hydrogen-bond donors (Lipinski definition) is 0. The molecule has 1 heterocycles. The van der Waals surface area contributed by atoms with Gasteiger partial charge in [0.15, 0.2) is 0 Å². The minimum absolute atomic E-state index is 0.319. The molecule has 0 aromatic rings. The van der Waals surface area contributed by atoms with Crippen LogP contribution in [0, 0.1) is 0 Å². The predicted molar refractivity (Wildman–Crippen MR) is 85.9 cm³/mol. The minimum atomic E-state index is -1.79. The van der Waals surface area contributed by atoms with E-state index in [2.05, 4.69) is 64.8 Å². The second kappa shape index (κ2) is 7.10. The molecule has 0 aromatic carbocycles. The third-order valence-electron chi connectivity index (χ3n) is 3.77. The fraction of sp³-hybridized carbons (Fsp3) is 1.00. The van der Waals surface area contributed by atoms with Crippen LogP contribution in [-0.2, 0) is 0 Å².